The number of aromatic nitrogens is 2. The van der Waals surface area contributed by atoms with E-state index in [2.05, 4.69) is 15.7 Å². The summed E-state index contributed by atoms with van der Waals surface area (Å²) in [5.74, 6) is -2.02. The molecule has 2 fully saturated rings. The summed E-state index contributed by atoms with van der Waals surface area (Å²) in [5, 5.41) is 10.0. The van der Waals surface area contributed by atoms with Crippen molar-refractivity contribution in [1.29, 1.82) is 0 Å². The molecule has 202 valence electrons. The van der Waals surface area contributed by atoms with Crippen LogP contribution in [0.2, 0.25) is 0 Å². The molecule has 0 bridgehead atoms. The van der Waals surface area contributed by atoms with Gasteiger partial charge in [-0.25, -0.2) is 4.79 Å². The lowest BCUT2D eigenvalue weighted by Gasteiger charge is -2.33. The fourth-order valence-electron chi connectivity index (χ4n) is 4.83. The highest BCUT2D eigenvalue weighted by Gasteiger charge is 2.36. The van der Waals surface area contributed by atoms with E-state index in [-0.39, 0.29) is 42.1 Å². The quantitative estimate of drug-likeness (QED) is 0.427. The molecule has 0 radical (unpaired) electrons. The van der Waals surface area contributed by atoms with E-state index in [1.807, 2.05) is 32.6 Å². The van der Waals surface area contributed by atoms with Gasteiger partial charge in [-0.1, -0.05) is 40.5 Å². The second kappa shape index (κ2) is 13.1. The molecule has 0 spiro atoms. The van der Waals surface area contributed by atoms with Gasteiger partial charge in [0.05, 0.1) is 38.3 Å². The smallest absolute Gasteiger partial charge is 0.384 e. The Labute approximate surface area is 212 Å². The number of carbonyl (C=O) groups is 3. The summed E-state index contributed by atoms with van der Waals surface area (Å²) >= 11 is 0. The third-order valence-corrected chi connectivity index (χ3v) is 6.62. The van der Waals surface area contributed by atoms with Crippen LogP contribution in [0.15, 0.2) is 9.21 Å². The van der Waals surface area contributed by atoms with Crippen LogP contribution in [0.5, 0.6) is 0 Å². The third-order valence-electron chi connectivity index (χ3n) is 6.62. The maximum absolute atomic E-state index is 13.4. The largest absolute Gasteiger partial charge is 0.437 e. The number of amides is 2. The average molecular weight is 508 g/mol. The lowest BCUT2D eigenvalue weighted by atomic mass is 9.83. The second-order valence-corrected chi connectivity index (χ2v) is 10.8. The number of carbonyl (C=O) groups excluding carboxylic acids is 3. The number of hydrogen-bond acceptors (Lipinski definition) is 8. The van der Waals surface area contributed by atoms with Crippen molar-refractivity contribution in [1.82, 2.24) is 25.3 Å². The van der Waals surface area contributed by atoms with Crippen LogP contribution in [0.4, 0.5) is 0 Å². The molecule has 2 aliphatic rings. The first-order valence-electron chi connectivity index (χ1n) is 13.2. The summed E-state index contributed by atoms with van der Waals surface area (Å²) in [7, 11) is 0. The first-order chi connectivity index (χ1) is 17.1. The number of ketones is 1. The standard InChI is InChI=1S/C25H41N5O6/c1-16(2)13-20(22(32)24-28-30(14-17(3)4)25(34)36-24)27-23(33)18-7-5-6-8-19(18)26-21(31)15-29-9-11-35-12-10-29/h16-20H,5-15H2,1-4H3,(H,26,31)(H,27,33)/t18-,19+,20?/m1/s1. The second-order valence-electron chi connectivity index (χ2n) is 10.8. The van der Waals surface area contributed by atoms with Gasteiger partial charge in [-0.3, -0.25) is 19.3 Å². The zero-order valence-electron chi connectivity index (χ0n) is 22.0. The normalized spacial score (nSPS) is 21.9. The molecule has 2 N–H and O–H groups in total. The lowest BCUT2D eigenvalue weighted by Crippen LogP contribution is -2.53. The molecule has 11 nitrogen and oxygen atoms in total. The summed E-state index contributed by atoms with van der Waals surface area (Å²) in [6, 6.07) is -1.15. The summed E-state index contributed by atoms with van der Waals surface area (Å²) in [6.07, 6.45) is 3.54. The van der Waals surface area contributed by atoms with E-state index < -0.39 is 23.5 Å². The number of Topliss-reactive ketones (excluding diaryl/α,β-unsaturated/α-hetero) is 1. The molecule has 0 aromatic carbocycles. The highest BCUT2D eigenvalue weighted by atomic mass is 16.5. The average Bonchev–Trinajstić information content (AvgIpc) is 3.18. The predicted octanol–water partition coefficient (Wildman–Crippen LogP) is 1.21. The number of ether oxygens (including phenoxy) is 1. The SMILES string of the molecule is CC(C)CC(NC(=O)[C@@H]1CCCC[C@@H]1NC(=O)CN1CCOCC1)C(=O)c1nn(CC(C)C)c(=O)o1. The predicted molar refractivity (Wildman–Crippen MR) is 132 cm³/mol. The van der Waals surface area contributed by atoms with Crippen LogP contribution in [0.25, 0.3) is 0 Å². The Morgan fingerprint density at radius 2 is 1.75 bits per heavy atom. The molecule has 1 unspecified atom stereocenters. The van der Waals surface area contributed by atoms with E-state index in [4.69, 9.17) is 9.15 Å². The molecule has 1 aromatic rings. The van der Waals surface area contributed by atoms with E-state index in [1.54, 1.807) is 0 Å². The molecule has 1 saturated carbocycles. The minimum Gasteiger partial charge on any atom is -0.384 e. The highest BCUT2D eigenvalue weighted by molar-refractivity contribution is 5.98. The van der Waals surface area contributed by atoms with Gasteiger partial charge in [0.25, 0.3) is 5.89 Å². The Balaban J connectivity index is 1.67. The number of hydrogen-bond donors (Lipinski definition) is 2. The van der Waals surface area contributed by atoms with E-state index in [1.165, 1.54) is 0 Å². The molecule has 2 heterocycles. The van der Waals surface area contributed by atoms with Crippen LogP contribution >= 0.6 is 0 Å². The van der Waals surface area contributed by atoms with Crippen molar-refractivity contribution in [3.63, 3.8) is 0 Å². The first kappa shape index (κ1) is 28.0. The molecule has 3 atom stereocenters. The minimum atomic E-state index is -0.866. The number of nitrogens with one attached hydrogen (secondary N) is 2. The molecule has 1 saturated heterocycles. The number of nitrogens with zero attached hydrogens (tertiary/aromatic N) is 3. The highest BCUT2D eigenvalue weighted by Crippen LogP contribution is 2.25. The summed E-state index contributed by atoms with van der Waals surface area (Å²) in [5.41, 5.74) is 0. The van der Waals surface area contributed by atoms with Crippen LogP contribution in [-0.2, 0) is 20.9 Å². The van der Waals surface area contributed by atoms with Gasteiger partial charge in [-0.2, -0.15) is 4.68 Å². The monoisotopic (exact) mass is 507 g/mol. The Hall–Kier alpha value is -2.53. The Kier molecular flexibility index (Phi) is 10.2. The molecule has 1 aromatic heterocycles. The van der Waals surface area contributed by atoms with E-state index >= 15 is 0 Å². The summed E-state index contributed by atoms with van der Waals surface area (Å²) in [6.45, 7) is 11.0. The molecule has 36 heavy (non-hydrogen) atoms. The van der Waals surface area contributed by atoms with E-state index in [9.17, 15) is 19.2 Å². The van der Waals surface area contributed by atoms with Gasteiger partial charge in [0.15, 0.2) is 0 Å². The molecule has 1 aliphatic heterocycles. The molecular weight excluding hydrogens is 466 g/mol. The third kappa shape index (κ3) is 7.99. The topological polar surface area (TPSA) is 136 Å². The van der Waals surface area contributed by atoms with Crippen molar-refractivity contribution in [3.8, 4) is 0 Å². The van der Waals surface area contributed by atoms with E-state index in [0.29, 0.717) is 52.1 Å². The van der Waals surface area contributed by atoms with Crippen molar-refractivity contribution in [2.24, 2.45) is 17.8 Å². The minimum absolute atomic E-state index is 0.103. The van der Waals surface area contributed by atoms with Crippen molar-refractivity contribution in [2.45, 2.75) is 78.4 Å². The number of morpholine rings is 1. The zero-order valence-corrected chi connectivity index (χ0v) is 22.0. The van der Waals surface area contributed by atoms with Gasteiger partial charge in [0.2, 0.25) is 17.6 Å². The van der Waals surface area contributed by atoms with Crippen LogP contribution < -0.4 is 16.4 Å². The Bertz CT molecular complexity index is 949. The van der Waals surface area contributed by atoms with Crippen LogP contribution in [-0.4, -0.2) is 77.2 Å². The Morgan fingerprint density at radius 1 is 1.06 bits per heavy atom. The van der Waals surface area contributed by atoms with Gasteiger partial charge < -0.3 is 19.8 Å². The van der Waals surface area contributed by atoms with Gasteiger partial charge in [0, 0.05) is 19.1 Å². The molecule has 11 heteroatoms. The van der Waals surface area contributed by atoms with Gasteiger partial charge >= 0.3 is 5.76 Å². The van der Waals surface area contributed by atoms with Gasteiger partial charge in [0.1, 0.15) is 0 Å². The molecular formula is C25H41N5O6. The fourth-order valence-corrected chi connectivity index (χ4v) is 4.83. The van der Waals surface area contributed by atoms with Crippen molar-refractivity contribution in [2.75, 3.05) is 32.8 Å². The van der Waals surface area contributed by atoms with Crippen molar-refractivity contribution < 1.29 is 23.5 Å². The fraction of sp³-hybridized carbons (Fsp3) is 0.800. The first-order valence-corrected chi connectivity index (χ1v) is 13.2. The molecule has 1 aliphatic carbocycles. The van der Waals surface area contributed by atoms with E-state index in [0.717, 1.165) is 17.5 Å². The van der Waals surface area contributed by atoms with Gasteiger partial charge in [-0.05, 0) is 31.1 Å². The van der Waals surface area contributed by atoms with Gasteiger partial charge in [-0.15, -0.1) is 5.10 Å². The summed E-state index contributed by atoms with van der Waals surface area (Å²) < 4.78 is 11.6. The van der Waals surface area contributed by atoms with Crippen LogP contribution in [0.1, 0.15) is 70.5 Å². The maximum atomic E-state index is 13.4. The summed E-state index contributed by atoms with van der Waals surface area (Å²) in [4.78, 5) is 53.4. The molecule has 3 rings (SSSR count). The van der Waals surface area contributed by atoms with Crippen LogP contribution in [0.3, 0.4) is 0 Å². The molecule has 2 amide bonds. The number of rotatable bonds is 11. The zero-order chi connectivity index (χ0) is 26.2. The lowest BCUT2D eigenvalue weighted by molar-refractivity contribution is -0.129. The van der Waals surface area contributed by atoms with Crippen molar-refractivity contribution in [3.05, 3.63) is 16.4 Å². The van der Waals surface area contributed by atoms with Crippen molar-refractivity contribution >= 4 is 17.6 Å². The maximum Gasteiger partial charge on any atom is 0.437 e. The Morgan fingerprint density at radius 3 is 2.42 bits per heavy atom. The van der Waals surface area contributed by atoms with Crippen LogP contribution in [0, 0.1) is 17.8 Å².